The van der Waals surface area contributed by atoms with Crippen LogP contribution in [0.2, 0.25) is 0 Å². The second kappa shape index (κ2) is 7.04. The van der Waals surface area contributed by atoms with Crippen molar-refractivity contribution in [3.63, 3.8) is 0 Å². The molecule has 0 aromatic heterocycles. The van der Waals surface area contributed by atoms with Gasteiger partial charge in [0.25, 0.3) is 11.3 Å². The molecule has 0 atom stereocenters. The van der Waals surface area contributed by atoms with Gasteiger partial charge in [-0.3, -0.25) is 4.79 Å². The number of hydrogen-bond acceptors (Lipinski definition) is 4. The van der Waals surface area contributed by atoms with Crippen LogP contribution in [0.25, 0.3) is 0 Å². The van der Waals surface area contributed by atoms with Crippen molar-refractivity contribution < 1.29 is 63.0 Å². The van der Waals surface area contributed by atoms with Crippen LogP contribution >= 0.6 is 0 Å². The molecule has 0 bridgehead atoms. The fourth-order valence-corrected chi connectivity index (χ4v) is 2.32. The molecule has 4 nitrogen and oxygen atoms in total. The summed E-state index contributed by atoms with van der Waals surface area (Å²) in [6, 6.07) is 0. The molecule has 29 heavy (non-hydrogen) atoms. The summed E-state index contributed by atoms with van der Waals surface area (Å²) in [5.41, 5.74) is -13.1. The molecular weight excluding hydrogens is 434 g/mol. The van der Waals surface area contributed by atoms with Crippen molar-refractivity contribution in [3.8, 4) is 0 Å². The first-order valence-electron chi connectivity index (χ1n) is 7.65. The lowest BCUT2D eigenvalue weighted by Gasteiger charge is -2.54. The van der Waals surface area contributed by atoms with E-state index in [1.165, 1.54) is 0 Å². The van der Waals surface area contributed by atoms with Crippen molar-refractivity contribution in [1.82, 2.24) is 0 Å². The fourth-order valence-electron chi connectivity index (χ4n) is 2.32. The van der Waals surface area contributed by atoms with Crippen molar-refractivity contribution in [2.75, 3.05) is 13.2 Å². The zero-order chi connectivity index (χ0) is 23.3. The lowest BCUT2D eigenvalue weighted by atomic mass is 9.67. The van der Waals surface area contributed by atoms with Gasteiger partial charge in [0.1, 0.15) is 13.2 Å². The Kier molecular flexibility index (Phi) is 6.07. The van der Waals surface area contributed by atoms with Gasteiger partial charge in [0, 0.05) is 12.0 Å². The van der Waals surface area contributed by atoms with Gasteiger partial charge in [-0.2, -0.15) is 35.1 Å². The van der Waals surface area contributed by atoms with Gasteiger partial charge in [-0.05, 0) is 6.92 Å². The summed E-state index contributed by atoms with van der Waals surface area (Å²) in [5, 5.41) is 0. The van der Waals surface area contributed by atoms with Gasteiger partial charge in [-0.15, -0.1) is 0 Å². The van der Waals surface area contributed by atoms with Crippen molar-refractivity contribution in [2.45, 2.75) is 55.3 Å². The van der Waals surface area contributed by atoms with Crippen LogP contribution in [0.4, 0.5) is 43.9 Å². The molecule has 0 aliphatic heterocycles. The molecule has 0 saturated heterocycles. The van der Waals surface area contributed by atoms with Crippen LogP contribution in [0.1, 0.15) is 20.3 Å². The summed E-state index contributed by atoms with van der Waals surface area (Å²) in [6.45, 7) is -1.24. The number of alkyl halides is 10. The summed E-state index contributed by atoms with van der Waals surface area (Å²) in [5.74, 6) is -30.8. The summed E-state index contributed by atoms with van der Waals surface area (Å²) in [4.78, 5) is 22.0. The standard InChI is InChI=1S/C15H14F10O4/c1-4-8(26)28-5-10(16)12(18,19)14(22,23)11(17,6-29-9(27)7(2)3)15(24,25)13(10,20)21/h2,4-6H2,1,3H3. The van der Waals surface area contributed by atoms with Gasteiger partial charge in [-0.25, -0.2) is 13.6 Å². The zero-order valence-electron chi connectivity index (χ0n) is 14.7. The highest BCUT2D eigenvalue weighted by atomic mass is 19.4. The first kappa shape index (κ1) is 25.0. The molecule has 0 spiro atoms. The number of rotatable bonds is 6. The first-order valence-corrected chi connectivity index (χ1v) is 7.65. The molecule has 1 rings (SSSR count). The van der Waals surface area contributed by atoms with Crippen LogP contribution in [0.3, 0.4) is 0 Å². The topological polar surface area (TPSA) is 52.6 Å². The molecule has 1 aliphatic carbocycles. The Morgan fingerprint density at radius 3 is 1.31 bits per heavy atom. The SMILES string of the molecule is C=C(C)C(=O)OCC1(F)C(F)(F)C(F)(F)C(F)(COC(=O)CC)C(F)(F)C1(F)F. The third kappa shape index (κ3) is 3.05. The van der Waals surface area contributed by atoms with Crippen LogP contribution in [0.15, 0.2) is 12.2 Å². The minimum Gasteiger partial charge on any atom is -0.462 e. The summed E-state index contributed by atoms with van der Waals surface area (Å²) in [7, 11) is 0. The maximum absolute atomic E-state index is 14.5. The Balaban J connectivity index is 3.60. The third-order valence-electron chi connectivity index (χ3n) is 4.25. The Bertz CT molecular complexity index is 675. The van der Waals surface area contributed by atoms with Gasteiger partial charge in [0.2, 0.25) is 0 Å². The van der Waals surface area contributed by atoms with E-state index in [-0.39, 0.29) is 0 Å². The van der Waals surface area contributed by atoms with Gasteiger partial charge in [0.05, 0.1) is 0 Å². The number of hydrogen-bond donors (Lipinski definition) is 0. The van der Waals surface area contributed by atoms with Crippen LogP contribution in [-0.2, 0) is 19.1 Å². The zero-order valence-corrected chi connectivity index (χ0v) is 14.7. The monoisotopic (exact) mass is 448 g/mol. The first-order chi connectivity index (χ1) is 12.8. The predicted octanol–water partition coefficient (Wildman–Crippen LogP) is 4.03. The molecule has 0 N–H and O–H groups in total. The van der Waals surface area contributed by atoms with E-state index < -0.39 is 72.2 Å². The summed E-state index contributed by atoms with van der Waals surface area (Å²) < 4.78 is 149. The lowest BCUT2D eigenvalue weighted by Crippen LogP contribution is -2.86. The highest BCUT2D eigenvalue weighted by Gasteiger charge is 3.00. The van der Waals surface area contributed by atoms with E-state index in [1.807, 2.05) is 0 Å². The van der Waals surface area contributed by atoms with Crippen LogP contribution < -0.4 is 0 Å². The molecule has 0 unspecified atom stereocenters. The number of carbonyl (C=O) groups excluding carboxylic acids is 2. The Labute approximate surface area is 156 Å². The van der Waals surface area contributed by atoms with Gasteiger partial charge in [-0.1, -0.05) is 13.5 Å². The van der Waals surface area contributed by atoms with Crippen molar-refractivity contribution in [2.24, 2.45) is 0 Å². The largest absolute Gasteiger partial charge is 0.462 e. The van der Waals surface area contributed by atoms with Gasteiger partial charge in [0.15, 0.2) is 0 Å². The minimum atomic E-state index is -6.84. The molecule has 0 aromatic carbocycles. The molecular formula is C15H14F10O4. The molecule has 168 valence electrons. The summed E-state index contributed by atoms with van der Waals surface area (Å²) in [6.07, 6.45) is -0.732. The Morgan fingerprint density at radius 2 is 1.03 bits per heavy atom. The second-order valence-corrected chi connectivity index (χ2v) is 6.27. The van der Waals surface area contributed by atoms with E-state index >= 15 is 0 Å². The molecule has 14 heteroatoms. The smallest absolute Gasteiger partial charge is 0.356 e. The van der Waals surface area contributed by atoms with E-state index in [1.54, 1.807) is 0 Å². The number of ether oxygens (including phenoxy) is 2. The van der Waals surface area contributed by atoms with Crippen LogP contribution in [-0.4, -0.2) is 60.2 Å². The lowest BCUT2D eigenvalue weighted by molar-refractivity contribution is -0.465. The maximum atomic E-state index is 14.5. The predicted molar refractivity (Wildman–Crippen MR) is 74.5 cm³/mol. The Hall–Kier alpha value is -2.02. The molecule has 0 aromatic rings. The average molecular weight is 448 g/mol. The second-order valence-electron chi connectivity index (χ2n) is 6.27. The summed E-state index contributed by atoms with van der Waals surface area (Å²) >= 11 is 0. The molecule has 0 heterocycles. The normalized spacial score (nSPS) is 31.6. The number of carbonyl (C=O) groups is 2. The van der Waals surface area contributed by atoms with E-state index in [9.17, 15) is 53.5 Å². The quantitative estimate of drug-likeness (QED) is 0.350. The molecule has 0 amide bonds. The van der Waals surface area contributed by atoms with Gasteiger partial charge >= 0.3 is 35.6 Å². The number of esters is 2. The highest BCUT2D eigenvalue weighted by Crippen LogP contribution is 2.69. The molecule has 1 saturated carbocycles. The molecule has 1 aliphatic rings. The van der Waals surface area contributed by atoms with E-state index in [0.29, 0.717) is 0 Å². The maximum Gasteiger partial charge on any atom is 0.356 e. The Morgan fingerprint density at radius 1 is 0.724 bits per heavy atom. The molecule has 0 radical (unpaired) electrons. The van der Waals surface area contributed by atoms with Crippen LogP contribution in [0.5, 0.6) is 0 Å². The molecule has 1 fully saturated rings. The van der Waals surface area contributed by atoms with Crippen molar-refractivity contribution in [1.29, 1.82) is 0 Å². The van der Waals surface area contributed by atoms with E-state index in [2.05, 4.69) is 16.1 Å². The van der Waals surface area contributed by atoms with Gasteiger partial charge < -0.3 is 9.47 Å². The fraction of sp³-hybridized carbons (Fsp3) is 0.733. The third-order valence-corrected chi connectivity index (χ3v) is 4.25. The van der Waals surface area contributed by atoms with E-state index in [0.717, 1.165) is 13.8 Å². The van der Waals surface area contributed by atoms with Crippen LogP contribution in [0, 0.1) is 0 Å². The van der Waals surface area contributed by atoms with Crippen molar-refractivity contribution >= 4 is 11.9 Å². The van der Waals surface area contributed by atoms with Crippen molar-refractivity contribution in [3.05, 3.63) is 12.2 Å². The number of halogens is 10. The minimum absolute atomic E-state index is 0.694. The van der Waals surface area contributed by atoms with E-state index in [4.69, 9.17) is 0 Å². The average Bonchev–Trinajstić information content (AvgIpc) is 2.61. The highest BCUT2D eigenvalue weighted by molar-refractivity contribution is 5.87.